The van der Waals surface area contributed by atoms with Crippen molar-refractivity contribution in [1.82, 2.24) is 4.90 Å². The lowest BCUT2D eigenvalue weighted by atomic mass is 9.99. The fraction of sp³-hybridized carbons (Fsp3) is 0.611. The molecule has 1 aliphatic heterocycles. The van der Waals surface area contributed by atoms with Gasteiger partial charge < -0.3 is 15.4 Å². The Labute approximate surface area is 156 Å². The number of halogens is 2. The molecule has 2 rings (SSSR count). The van der Waals surface area contributed by atoms with E-state index in [1.807, 2.05) is 0 Å². The molecule has 6 heteroatoms. The number of ether oxygens (including phenoxy) is 1. The number of nitrogens with two attached hydrogens (primary N) is 1. The minimum absolute atomic E-state index is 0. The third-order valence-electron chi connectivity index (χ3n) is 4.59. The lowest BCUT2D eigenvalue weighted by Crippen LogP contribution is -2.33. The molecular formula is C18H28Cl2N2O2. The fourth-order valence-electron chi connectivity index (χ4n) is 3.02. The maximum absolute atomic E-state index is 12.2. The summed E-state index contributed by atoms with van der Waals surface area (Å²) < 4.78 is 5.29. The molecular weight excluding hydrogens is 347 g/mol. The van der Waals surface area contributed by atoms with E-state index in [1.54, 1.807) is 19.2 Å². The van der Waals surface area contributed by atoms with Gasteiger partial charge in [0.05, 0.1) is 17.8 Å². The van der Waals surface area contributed by atoms with Crippen molar-refractivity contribution in [2.24, 2.45) is 5.92 Å². The van der Waals surface area contributed by atoms with Gasteiger partial charge in [-0.25, -0.2) is 0 Å². The topological polar surface area (TPSA) is 55.6 Å². The Balaban J connectivity index is 0.00000288. The first-order valence-corrected chi connectivity index (χ1v) is 8.73. The van der Waals surface area contributed by atoms with Crippen molar-refractivity contribution in [1.29, 1.82) is 0 Å². The van der Waals surface area contributed by atoms with Crippen molar-refractivity contribution in [3.63, 3.8) is 0 Å². The fourth-order valence-corrected chi connectivity index (χ4v) is 3.21. The Morgan fingerprint density at radius 1 is 1.38 bits per heavy atom. The molecule has 0 aromatic heterocycles. The van der Waals surface area contributed by atoms with Crippen LogP contribution in [-0.2, 0) is 11.2 Å². The van der Waals surface area contributed by atoms with Crippen molar-refractivity contribution in [2.75, 3.05) is 32.5 Å². The lowest BCUT2D eigenvalue weighted by Gasteiger charge is -2.30. The minimum Gasteiger partial charge on any atom is -0.496 e. The normalized spacial score (nSPS) is 15.8. The van der Waals surface area contributed by atoms with Crippen LogP contribution >= 0.6 is 24.0 Å². The summed E-state index contributed by atoms with van der Waals surface area (Å²) in [6.45, 7) is 5.65. The second-order valence-electron chi connectivity index (χ2n) is 6.53. The van der Waals surface area contributed by atoms with Gasteiger partial charge in [0.1, 0.15) is 11.5 Å². The number of piperidine rings is 1. The van der Waals surface area contributed by atoms with E-state index in [1.165, 1.54) is 12.8 Å². The van der Waals surface area contributed by atoms with Crippen LogP contribution in [0.2, 0.25) is 5.02 Å². The summed E-state index contributed by atoms with van der Waals surface area (Å²) in [7, 11) is 1.58. The van der Waals surface area contributed by atoms with E-state index < -0.39 is 0 Å². The van der Waals surface area contributed by atoms with Crippen LogP contribution in [0, 0.1) is 5.92 Å². The molecule has 24 heavy (non-hydrogen) atoms. The summed E-state index contributed by atoms with van der Waals surface area (Å²) in [4.78, 5) is 14.7. The van der Waals surface area contributed by atoms with Crippen LogP contribution in [0.3, 0.4) is 0 Å². The number of hydrogen-bond acceptors (Lipinski definition) is 4. The van der Waals surface area contributed by atoms with Gasteiger partial charge in [0, 0.05) is 24.5 Å². The Morgan fingerprint density at radius 2 is 2.04 bits per heavy atom. The predicted octanol–water partition coefficient (Wildman–Crippen LogP) is 3.98. The van der Waals surface area contributed by atoms with Crippen molar-refractivity contribution in [3.8, 4) is 5.75 Å². The van der Waals surface area contributed by atoms with Crippen molar-refractivity contribution in [3.05, 3.63) is 22.7 Å². The lowest BCUT2D eigenvalue weighted by molar-refractivity contribution is -0.118. The molecule has 0 spiro atoms. The Hall–Kier alpha value is -0.970. The molecule has 1 aromatic carbocycles. The molecule has 4 nitrogen and oxygen atoms in total. The van der Waals surface area contributed by atoms with Gasteiger partial charge in [-0.15, -0.1) is 12.4 Å². The van der Waals surface area contributed by atoms with Gasteiger partial charge in [-0.2, -0.15) is 0 Å². The van der Waals surface area contributed by atoms with E-state index in [0.29, 0.717) is 29.3 Å². The number of carbonyl (C=O) groups excluding carboxylic acids is 1. The molecule has 1 heterocycles. The number of Topliss-reactive ketones (excluding diaryl/α,β-unsaturated/α-hetero) is 1. The molecule has 1 aliphatic rings. The summed E-state index contributed by atoms with van der Waals surface area (Å²) in [5.74, 6) is 1.69. The van der Waals surface area contributed by atoms with Gasteiger partial charge in [-0.05, 0) is 50.9 Å². The SMILES string of the molecule is COc1cc(N)c(Cl)cc1CC(=O)CCCN1CCC(C)CC1.Cl. The molecule has 0 amide bonds. The van der Waals surface area contributed by atoms with Crippen molar-refractivity contribution in [2.45, 2.75) is 39.0 Å². The molecule has 0 unspecified atom stereocenters. The Kier molecular flexibility index (Phi) is 8.88. The van der Waals surface area contributed by atoms with E-state index >= 15 is 0 Å². The first kappa shape index (κ1) is 21.1. The average molecular weight is 375 g/mol. The van der Waals surface area contributed by atoms with Gasteiger partial charge in [-0.3, -0.25) is 4.79 Å². The second-order valence-corrected chi connectivity index (χ2v) is 6.94. The number of ketones is 1. The van der Waals surface area contributed by atoms with Gasteiger partial charge >= 0.3 is 0 Å². The largest absolute Gasteiger partial charge is 0.496 e. The van der Waals surface area contributed by atoms with E-state index in [0.717, 1.165) is 37.5 Å². The molecule has 2 N–H and O–H groups in total. The van der Waals surface area contributed by atoms with Gasteiger partial charge in [0.2, 0.25) is 0 Å². The zero-order chi connectivity index (χ0) is 16.8. The minimum atomic E-state index is 0. The van der Waals surface area contributed by atoms with Crippen LogP contribution in [0.4, 0.5) is 5.69 Å². The van der Waals surface area contributed by atoms with Crippen LogP contribution in [0.1, 0.15) is 38.2 Å². The monoisotopic (exact) mass is 374 g/mol. The third-order valence-corrected chi connectivity index (χ3v) is 4.92. The zero-order valence-electron chi connectivity index (χ0n) is 14.5. The number of nitrogens with zero attached hydrogens (tertiary/aromatic N) is 1. The molecule has 0 aliphatic carbocycles. The highest BCUT2D eigenvalue weighted by Crippen LogP contribution is 2.29. The van der Waals surface area contributed by atoms with E-state index in [2.05, 4.69) is 11.8 Å². The van der Waals surface area contributed by atoms with Crippen molar-refractivity contribution < 1.29 is 9.53 Å². The molecule has 1 saturated heterocycles. The van der Waals surface area contributed by atoms with Gasteiger partial charge in [0.15, 0.2) is 0 Å². The van der Waals surface area contributed by atoms with E-state index in [9.17, 15) is 4.79 Å². The quantitative estimate of drug-likeness (QED) is 0.733. The number of anilines is 1. The number of hydrogen-bond donors (Lipinski definition) is 1. The van der Waals surface area contributed by atoms with Crippen LogP contribution in [0.5, 0.6) is 5.75 Å². The molecule has 0 radical (unpaired) electrons. The predicted molar refractivity (Wildman–Crippen MR) is 102 cm³/mol. The van der Waals surface area contributed by atoms with Gasteiger partial charge in [0.25, 0.3) is 0 Å². The molecule has 136 valence electrons. The number of methoxy groups -OCH3 is 1. The number of nitrogen functional groups attached to an aromatic ring is 1. The first-order chi connectivity index (χ1) is 11.0. The van der Waals surface area contributed by atoms with Crippen LogP contribution in [-0.4, -0.2) is 37.4 Å². The van der Waals surface area contributed by atoms with Crippen LogP contribution in [0.25, 0.3) is 0 Å². The van der Waals surface area contributed by atoms with E-state index in [-0.39, 0.29) is 18.2 Å². The molecule has 0 saturated carbocycles. The molecule has 1 fully saturated rings. The molecule has 1 aromatic rings. The first-order valence-electron chi connectivity index (χ1n) is 8.35. The highest BCUT2D eigenvalue weighted by Gasteiger charge is 2.16. The van der Waals surface area contributed by atoms with Crippen molar-refractivity contribution >= 4 is 35.5 Å². The highest BCUT2D eigenvalue weighted by molar-refractivity contribution is 6.33. The van der Waals surface area contributed by atoms with Crippen LogP contribution < -0.4 is 10.5 Å². The highest BCUT2D eigenvalue weighted by atomic mass is 35.5. The van der Waals surface area contributed by atoms with Crippen LogP contribution in [0.15, 0.2) is 12.1 Å². The molecule has 0 atom stereocenters. The zero-order valence-corrected chi connectivity index (χ0v) is 16.1. The average Bonchev–Trinajstić information content (AvgIpc) is 2.52. The summed E-state index contributed by atoms with van der Waals surface area (Å²) in [5.41, 5.74) is 7.05. The maximum atomic E-state index is 12.2. The summed E-state index contributed by atoms with van der Waals surface area (Å²) >= 11 is 6.05. The maximum Gasteiger partial charge on any atom is 0.137 e. The summed E-state index contributed by atoms with van der Waals surface area (Å²) in [5, 5.41) is 0.469. The Bertz CT molecular complexity index is 544. The number of benzene rings is 1. The Morgan fingerprint density at radius 3 is 2.67 bits per heavy atom. The third kappa shape index (κ3) is 6.15. The number of likely N-dealkylation sites (tertiary alicyclic amines) is 1. The number of carbonyl (C=O) groups is 1. The van der Waals surface area contributed by atoms with Gasteiger partial charge in [-0.1, -0.05) is 18.5 Å². The summed E-state index contributed by atoms with van der Waals surface area (Å²) in [6, 6.07) is 3.42. The standard InChI is InChI=1S/C18H27ClN2O2.ClH/c1-13-5-8-21(9-6-13)7-3-4-15(22)10-14-11-16(19)17(20)12-18(14)23-2;/h11-13H,3-10,20H2,1-2H3;1H. The second kappa shape index (κ2) is 10.1. The smallest absolute Gasteiger partial charge is 0.137 e. The molecule has 0 bridgehead atoms. The summed E-state index contributed by atoms with van der Waals surface area (Å²) in [6.07, 6.45) is 4.40. The van der Waals surface area contributed by atoms with E-state index in [4.69, 9.17) is 22.1 Å². The number of rotatable bonds is 7.